The molecule has 0 saturated carbocycles. The second kappa shape index (κ2) is 11.8. The molecule has 39 heavy (non-hydrogen) atoms. The van der Waals surface area contributed by atoms with E-state index in [0.29, 0.717) is 33.4 Å². The van der Waals surface area contributed by atoms with E-state index in [2.05, 4.69) is 21.2 Å². The summed E-state index contributed by atoms with van der Waals surface area (Å²) in [6.07, 6.45) is -4.86. The van der Waals surface area contributed by atoms with Crippen molar-refractivity contribution in [3.05, 3.63) is 70.2 Å². The number of hydrogen-bond donors (Lipinski definition) is 7. The maximum atomic E-state index is 13.6. The average molecular weight is 607 g/mol. The standard InChI is InChI=1S/C27H31BrN2O9/c1-14(4-2-3-11-31)27(38)18-12-16(28)7-10-19(18)30(26(27)37)13-15-5-8-17(9-6-15)29-24(35)23-21(33)20(32)22(34)25(36)39-23/h2,4-10,12,14,20-23,25,31-34,36,38H,3,11,13H2,1H3,(H,29,35)/b4-2+/t14-,20-,21-,22+,23-,25+,27+/m0/s1. The van der Waals surface area contributed by atoms with E-state index in [1.807, 2.05) is 0 Å². The number of anilines is 2. The normalized spacial score (nSPS) is 29.5. The summed E-state index contributed by atoms with van der Waals surface area (Å²) in [4.78, 5) is 27.7. The first kappa shape index (κ1) is 29.3. The molecule has 1 fully saturated rings. The Morgan fingerprint density at radius 2 is 1.82 bits per heavy atom. The Bertz CT molecular complexity index is 1240. The summed E-state index contributed by atoms with van der Waals surface area (Å²) < 4.78 is 5.66. The predicted octanol–water partition coefficient (Wildman–Crippen LogP) is 0.497. The van der Waals surface area contributed by atoms with Gasteiger partial charge in [-0.25, -0.2) is 0 Å². The highest BCUT2D eigenvalue weighted by molar-refractivity contribution is 9.10. The minimum Gasteiger partial charge on any atom is -0.396 e. The van der Waals surface area contributed by atoms with E-state index in [4.69, 9.17) is 9.84 Å². The number of hydrogen-bond acceptors (Lipinski definition) is 9. The number of amides is 2. The van der Waals surface area contributed by atoms with Gasteiger partial charge in [0, 0.05) is 28.2 Å². The van der Waals surface area contributed by atoms with Crippen LogP contribution in [0.2, 0.25) is 0 Å². The molecule has 0 spiro atoms. The van der Waals surface area contributed by atoms with Gasteiger partial charge in [-0.2, -0.15) is 0 Å². The summed E-state index contributed by atoms with van der Waals surface area (Å²) in [5.74, 6) is -1.89. The molecule has 0 aromatic heterocycles. The molecule has 2 aromatic rings. The highest BCUT2D eigenvalue weighted by Gasteiger charge is 2.52. The lowest BCUT2D eigenvalue weighted by Crippen LogP contribution is -2.60. The van der Waals surface area contributed by atoms with Crippen molar-refractivity contribution in [2.75, 3.05) is 16.8 Å². The number of aliphatic hydroxyl groups excluding tert-OH is 5. The molecule has 7 atom stereocenters. The number of carbonyl (C=O) groups excluding carboxylic acids is 2. The lowest BCUT2D eigenvalue weighted by molar-refractivity contribution is -0.274. The zero-order chi connectivity index (χ0) is 28.5. The van der Waals surface area contributed by atoms with Gasteiger partial charge in [-0.1, -0.05) is 47.1 Å². The smallest absolute Gasteiger partial charge is 0.264 e. The van der Waals surface area contributed by atoms with Gasteiger partial charge < -0.3 is 45.6 Å². The highest BCUT2D eigenvalue weighted by Crippen LogP contribution is 2.46. The zero-order valence-corrected chi connectivity index (χ0v) is 22.6. The van der Waals surface area contributed by atoms with Crippen LogP contribution in [0, 0.1) is 5.92 Å². The summed E-state index contributed by atoms with van der Waals surface area (Å²) in [5.41, 5.74) is 0.250. The fourth-order valence-electron chi connectivity index (χ4n) is 4.76. The molecule has 2 aliphatic rings. The molecule has 0 unspecified atom stereocenters. The van der Waals surface area contributed by atoms with Crippen LogP contribution in [0.15, 0.2) is 59.1 Å². The third-order valence-corrected chi connectivity index (χ3v) is 7.51. The molecule has 1 saturated heterocycles. The van der Waals surface area contributed by atoms with Gasteiger partial charge in [-0.3, -0.25) is 9.59 Å². The first-order valence-corrected chi connectivity index (χ1v) is 13.2. The van der Waals surface area contributed by atoms with Crippen LogP contribution in [0.5, 0.6) is 0 Å². The van der Waals surface area contributed by atoms with Crippen molar-refractivity contribution >= 4 is 39.1 Å². The fraction of sp³-hybridized carbons (Fsp3) is 0.407. The van der Waals surface area contributed by atoms with Crippen molar-refractivity contribution in [1.82, 2.24) is 0 Å². The van der Waals surface area contributed by atoms with Gasteiger partial charge in [-0.05, 0) is 42.3 Å². The summed E-state index contributed by atoms with van der Waals surface area (Å²) in [6.45, 7) is 1.84. The molecule has 4 rings (SSSR count). The van der Waals surface area contributed by atoms with E-state index in [1.165, 1.54) is 4.90 Å². The van der Waals surface area contributed by atoms with Crippen LogP contribution in [0.3, 0.4) is 0 Å². The Morgan fingerprint density at radius 3 is 2.49 bits per heavy atom. The van der Waals surface area contributed by atoms with Crippen LogP contribution < -0.4 is 10.2 Å². The van der Waals surface area contributed by atoms with Crippen LogP contribution in [-0.2, 0) is 26.5 Å². The van der Waals surface area contributed by atoms with Gasteiger partial charge in [0.1, 0.15) is 18.3 Å². The number of halogens is 1. The quantitative estimate of drug-likeness (QED) is 0.210. The van der Waals surface area contributed by atoms with Crippen molar-refractivity contribution in [2.24, 2.45) is 5.92 Å². The maximum absolute atomic E-state index is 13.6. The van der Waals surface area contributed by atoms with E-state index in [9.17, 15) is 35.1 Å². The van der Waals surface area contributed by atoms with Gasteiger partial charge in [0.15, 0.2) is 18.0 Å². The first-order chi connectivity index (χ1) is 18.5. The van der Waals surface area contributed by atoms with Crippen molar-refractivity contribution in [3.8, 4) is 0 Å². The number of rotatable bonds is 8. The van der Waals surface area contributed by atoms with Crippen molar-refractivity contribution < 1.29 is 45.0 Å². The van der Waals surface area contributed by atoms with Gasteiger partial charge >= 0.3 is 0 Å². The number of ether oxygens (including phenoxy) is 1. The molecule has 0 radical (unpaired) electrons. The number of aliphatic hydroxyl groups is 6. The number of benzene rings is 2. The first-order valence-electron chi connectivity index (χ1n) is 12.4. The third kappa shape index (κ3) is 5.65. The third-order valence-electron chi connectivity index (χ3n) is 7.02. The van der Waals surface area contributed by atoms with Crippen molar-refractivity contribution in [2.45, 2.75) is 56.2 Å². The molecular formula is C27H31BrN2O9. The number of nitrogens with one attached hydrogen (secondary N) is 1. The Kier molecular flexibility index (Phi) is 8.88. The topological polar surface area (TPSA) is 180 Å². The lowest BCUT2D eigenvalue weighted by Gasteiger charge is -2.37. The molecule has 0 bridgehead atoms. The van der Waals surface area contributed by atoms with E-state index >= 15 is 0 Å². The van der Waals surface area contributed by atoms with Gasteiger partial charge in [0.25, 0.3) is 11.8 Å². The Balaban J connectivity index is 1.50. The minimum atomic E-state index is -1.84. The molecule has 7 N–H and O–H groups in total. The summed E-state index contributed by atoms with van der Waals surface area (Å²) >= 11 is 3.41. The van der Waals surface area contributed by atoms with E-state index in [-0.39, 0.29) is 13.2 Å². The van der Waals surface area contributed by atoms with Crippen LogP contribution in [0.25, 0.3) is 0 Å². The molecule has 2 heterocycles. The van der Waals surface area contributed by atoms with Crippen molar-refractivity contribution in [1.29, 1.82) is 0 Å². The van der Waals surface area contributed by atoms with E-state index < -0.39 is 54.0 Å². The molecule has 2 amide bonds. The summed E-state index contributed by atoms with van der Waals surface area (Å²) in [7, 11) is 0. The van der Waals surface area contributed by atoms with Crippen LogP contribution in [-0.4, -0.2) is 79.8 Å². The lowest BCUT2D eigenvalue weighted by atomic mass is 9.83. The molecule has 12 heteroatoms. The Labute approximate surface area is 233 Å². The maximum Gasteiger partial charge on any atom is 0.264 e. The number of carbonyl (C=O) groups is 2. The molecule has 2 aromatic carbocycles. The second-order valence-electron chi connectivity index (χ2n) is 9.65. The minimum absolute atomic E-state index is 0.0401. The van der Waals surface area contributed by atoms with Gasteiger partial charge in [-0.15, -0.1) is 0 Å². The molecule has 2 aliphatic heterocycles. The average Bonchev–Trinajstić information content (AvgIpc) is 3.12. The molecule has 0 aliphatic carbocycles. The largest absolute Gasteiger partial charge is 0.396 e. The fourth-order valence-corrected chi connectivity index (χ4v) is 5.12. The molecule has 11 nitrogen and oxygen atoms in total. The molecule has 210 valence electrons. The van der Waals surface area contributed by atoms with Gasteiger partial charge in [0.2, 0.25) is 0 Å². The number of fused-ring (bicyclic) bond motifs is 1. The van der Waals surface area contributed by atoms with Gasteiger partial charge in [0.05, 0.1) is 12.2 Å². The van der Waals surface area contributed by atoms with Crippen molar-refractivity contribution in [3.63, 3.8) is 0 Å². The monoisotopic (exact) mass is 606 g/mol. The Morgan fingerprint density at radius 1 is 1.13 bits per heavy atom. The van der Waals surface area contributed by atoms with Crippen LogP contribution >= 0.6 is 15.9 Å². The van der Waals surface area contributed by atoms with E-state index in [0.717, 1.165) is 0 Å². The highest BCUT2D eigenvalue weighted by atomic mass is 79.9. The SMILES string of the molecule is C[C@@H](/C=C/CCO)[C@]1(O)C(=O)N(Cc2ccc(NC(=O)[C@H]3O[C@@H](O)[C@H](O)[C@@H](O)[C@@H]3O)cc2)c2ccc(Br)cc21. The van der Waals surface area contributed by atoms with E-state index in [1.54, 1.807) is 61.5 Å². The van der Waals surface area contributed by atoms with Crippen LogP contribution in [0.4, 0.5) is 11.4 Å². The zero-order valence-electron chi connectivity index (χ0n) is 21.0. The second-order valence-corrected chi connectivity index (χ2v) is 10.6. The summed E-state index contributed by atoms with van der Waals surface area (Å²) in [5, 5.41) is 62.4. The number of nitrogens with zero attached hydrogens (tertiary/aromatic N) is 1. The predicted molar refractivity (Wildman–Crippen MR) is 143 cm³/mol. The summed E-state index contributed by atoms with van der Waals surface area (Å²) in [6, 6.07) is 11.7. The molecular weight excluding hydrogens is 576 g/mol. The van der Waals surface area contributed by atoms with Crippen LogP contribution in [0.1, 0.15) is 24.5 Å². The Hall–Kier alpha value is -2.68.